The third kappa shape index (κ3) is 17.2. The van der Waals surface area contributed by atoms with E-state index in [0.29, 0.717) is 0 Å². The summed E-state index contributed by atoms with van der Waals surface area (Å²) >= 11 is 0. The van der Waals surface area contributed by atoms with E-state index in [9.17, 15) is 0 Å². The summed E-state index contributed by atoms with van der Waals surface area (Å²) in [5, 5.41) is 6.88. The van der Waals surface area contributed by atoms with Crippen molar-refractivity contribution in [2.45, 2.75) is 0 Å². The van der Waals surface area contributed by atoms with Crippen LogP contribution in [0, 0.1) is 36.4 Å². The smallest absolute Gasteiger partial charge is 0.367 e. The van der Waals surface area contributed by atoms with Gasteiger partial charge in [-0.15, -0.1) is 155 Å². The number of fused-ring (bicyclic) bond motifs is 12. The van der Waals surface area contributed by atoms with Crippen LogP contribution in [0.4, 0.5) is 0 Å². The molecule has 0 saturated carbocycles. The van der Waals surface area contributed by atoms with E-state index < -0.39 is 0 Å². The average molecular weight is 2390 g/mol. The van der Waals surface area contributed by atoms with Crippen LogP contribution in [0.2, 0.25) is 0 Å². The normalized spacial score (nSPS) is 11.3. The van der Waals surface area contributed by atoms with Crippen molar-refractivity contribution >= 4 is 98.5 Å². The van der Waals surface area contributed by atoms with Crippen molar-refractivity contribution in [3.63, 3.8) is 0 Å². The standard InChI is InChI=1S/3C43H28N4.3Pt/c1-46-40-19-11-9-17-38(40)45-43(46)32-21-24-36-35-16-8-10-18-39(35)47(42(36)27-32)41-26-31(20-23-34(41)30-14-6-3-7-15-30)37-25-22-33(28-44-37)29-12-4-2-5-13-29;1-46-42-27-32(30-13-6-3-7-14-30)19-22-39(42)45-43(46)34-18-21-36-37-26-31(29-11-4-2-5-12-29)20-23-40(37)47(41(36)28-34)35-16-10-15-33(25-35)38-17-8-9-24-44-38;1-46-41-18-9-8-17-39(41)45-43(46)33-19-22-36-37-26-31(29-11-4-2-5-12-29)21-24-40(37)47(42(36)27-33)35-16-10-15-32(25-35)38-23-20-34(28-44-38)30-13-6-3-7-14-30;;;/h2-25,28H,1H3;2-24,26-27H,1H3;2-24,26,28H,1H3;;;/q3*-2;3*+2. The van der Waals surface area contributed by atoms with Crippen LogP contribution in [0.3, 0.4) is 0 Å². The Kier molecular flexibility index (Phi) is 25.5. The van der Waals surface area contributed by atoms with Crippen molar-refractivity contribution in [1.29, 1.82) is 0 Å². The Labute approximate surface area is 876 Å². The molecule has 0 saturated heterocycles. The first-order valence-electron chi connectivity index (χ1n) is 47.2. The minimum atomic E-state index is 0. The second-order valence-corrected chi connectivity index (χ2v) is 35.4. The molecule has 27 aromatic rings. The van der Waals surface area contributed by atoms with E-state index in [2.05, 4.69) is 466 Å². The molecular weight excluding hydrogens is 2300 g/mol. The van der Waals surface area contributed by atoms with Gasteiger partial charge in [-0.25, -0.2) is 0 Å². The van der Waals surface area contributed by atoms with Crippen LogP contribution >= 0.6 is 0 Å². The Balaban J connectivity index is 0.000000122. The number of benzene rings is 18. The maximum absolute atomic E-state index is 5.09. The molecule has 9 aromatic heterocycles. The molecule has 0 amide bonds. The number of rotatable bonds is 15. The van der Waals surface area contributed by atoms with Crippen molar-refractivity contribution in [2.75, 3.05) is 0 Å². The summed E-state index contributed by atoms with van der Waals surface area (Å²) in [5.74, 6) is 2.64. The van der Waals surface area contributed by atoms with Crippen LogP contribution in [-0.4, -0.2) is 57.3 Å². The molecule has 0 spiro atoms. The van der Waals surface area contributed by atoms with E-state index in [1.54, 1.807) is 0 Å². The van der Waals surface area contributed by atoms with Gasteiger partial charge in [-0.3, -0.25) is 15.0 Å². The van der Waals surface area contributed by atoms with Gasteiger partial charge in [0.15, 0.2) is 0 Å². The molecule has 690 valence electrons. The molecule has 18 aromatic carbocycles. The first-order valence-corrected chi connectivity index (χ1v) is 47.2. The topological polar surface area (TPSA) is 107 Å². The van der Waals surface area contributed by atoms with E-state index in [4.69, 9.17) is 24.9 Å². The Morgan fingerprint density at radius 2 is 0.549 bits per heavy atom. The summed E-state index contributed by atoms with van der Waals surface area (Å²) in [5.41, 5.74) is 37.3. The van der Waals surface area contributed by atoms with Crippen LogP contribution < -0.4 is 0 Å². The van der Waals surface area contributed by atoms with Gasteiger partial charge in [0.1, 0.15) is 0 Å². The summed E-state index contributed by atoms with van der Waals surface area (Å²) in [6.45, 7) is 0. The molecule has 144 heavy (non-hydrogen) atoms. The van der Waals surface area contributed by atoms with Crippen molar-refractivity contribution < 1.29 is 63.2 Å². The van der Waals surface area contributed by atoms with E-state index in [1.165, 1.54) is 49.5 Å². The zero-order valence-corrected chi connectivity index (χ0v) is 84.9. The Bertz CT molecular complexity index is 9430. The van der Waals surface area contributed by atoms with Crippen molar-refractivity contribution in [3.05, 3.63) is 492 Å². The number of pyridine rings is 3. The maximum Gasteiger partial charge on any atom is 2.00 e. The largest absolute Gasteiger partial charge is 2.00 e. The third-order valence-corrected chi connectivity index (χ3v) is 26.9. The summed E-state index contributed by atoms with van der Waals surface area (Å²) in [6, 6.07) is 175. The van der Waals surface area contributed by atoms with Gasteiger partial charge in [0.25, 0.3) is 0 Å². The molecule has 27 rings (SSSR count). The summed E-state index contributed by atoms with van der Waals surface area (Å²) in [7, 11) is 6.22. The van der Waals surface area contributed by atoms with Crippen LogP contribution in [0.15, 0.2) is 455 Å². The molecule has 12 nitrogen and oxygen atoms in total. The van der Waals surface area contributed by atoms with Crippen LogP contribution in [-0.2, 0) is 84.3 Å². The minimum absolute atomic E-state index is 0. The number of aryl methyl sites for hydroxylation is 3. The predicted molar refractivity (Wildman–Crippen MR) is 577 cm³/mol. The fourth-order valence-corrected chi connectivity index (χ4v) is 19.9. The molecule has 0 aliphatic rings. The minimum Gasteiger partial charge on any atom is -0.367 e. The quantitative estimate of drug-likeness (QED) is 0.0947. The molecule has 0 fully saturated rings. The average Bonchev–Trinajstić information content (AvgIpc) is 1.58. The third-order valence-electron chi connectivity index (χ3n) is 26.9. The second-order valence-electron chi connectivity index (χ2n) is 35.4. The number of aromatic nitrogens is 12. The maximum atomic E-state index is 5.09. The van der Waals surface area contributed by atoms with Crippen molar-refractivity contribution in [2.24, 2.45) is 21.1 Å². The van der Waals surface area contributed by atoms with Gasteiger partial charge in [-0.05, 0) is 183 Å². The fourth-order valence-electron chi connectivity index (χ4n) is 19.9. The van der Waals surface area contributed by atoms with Crippen molar-refractivity contribution in [1.82, 2.24) is 57.3 Å². The molecular formula is C129H84N12Pt3. The summed E-state index contributed by atoms with van der Waals surface area (Å²) in [6.07, 6.45) is 5.70. The zero-order valence-electron chi connectivity index (χ0n) is 78.1. The number of hydrogen-bond acceptors (Lipinski definition) is 6. The van der Waals surface area contributed by atoms with E-state index in [0.717, 1.165) is 201 Å². The monoisotopic (exact) mass is 2390 g/mol. The zero-order chi connectivity index (χ0) is 94.0. The SMILES string of the molecule is Cn1c(-c2[c-]c3c(cc2)c2cc(-c4ccccc4)ccc2n3-c2[c-]c(-c3ccc(-c4ccccc4)cn3)ccc2)nc2ccccc21.Cn1c(-c2[c-]c3c(cc2)c2cc(-c4ccccc4)ccc2n3-c2[c-]c(-c3ccccn3)ccc2)nc2ccc(-c3ccccc3)cc21.Cn1c(-c2[c-]c3c(cc2)c2ccccc2n3-c2[c-]c(-c3ccc(-c4ccccc4)cn3)ccc2-c2ccccc2)nc2ccccc21.[Pt+2].[Pt+2].[Pt+2]. The van der Waals surface area contributed by atoms with Gasteiger partial charge in [0.2, 0.25) is 0 Å². The molecule has 0 atom stereocenters. The molecule has 0 bridgehead atoms. The molecule has 0 aliphatic carbocycles. The molecule has 0 radical (unpaired) electrons. The molecule has 0 unspecified atom stereocenters. The first-order chi connectivity index (χ1) is 69.6. The molecule has 9 heterocycles. The molecule has 0 aliphatic heterocycles. The molecule has 15 heteroatoms. The Morgan fingerprint density at radius 1 is 0.201 bits per heavy atom. The molecule has 0 N–H and O–H groups in total. The van der Waals surface area contributed by atoms with Gasteiger partial charge >= 0.3 is 63.2 Å². The number of imidazole rings is 3. The van der Waals surface area contributed by atoms with Crippen LogP contribution in [0.5, 0.6) is 0 Å². The van der Waals surface area contributed by atoms with Crippen LogP contribution in [0.1, 0.15) is 0 Å². The van der Waals surface area contributed by atoms with Gasteiger partial charge < -0.3 is 42.4 Å². The van der Waals surface area contributed by atoms with E-state index in [-0.39, 0.29) is 63.2 Å². The first kappa shape index (κ1) is 92.3. The number of hydrogen-bond donors (Lipinski definition) is 0. The van der Waals surface area contributed by atoms with Gasteiger partial charge in [0.05, 0.1) is 50.6 Å². The Morgan fingerprint density at radius 3 is 0.986 bits per heavy atom. The van der Waals surface area contributed by atoms with Gasteiger partial charge in [-0.1, -0.05) is 318 Å². The fraction of sp³-hybridized carbons (Fsp3) is 0.0233. The Hall–Kier alpha value is -16.7. The number of para-hydroxylation sites is 5. The van der Waals surface area contributed by atoms with E-state index >= 15 is 0 Å². The van der Waals surface area contributed by atoms with Crippen molar-refractivity contribution in [3.8, 4) is 152 Å². The van der Waals surface area contributed by atoms with Crippen LogP contribution in [0.25, 0.3) is 250 Å². The van der Waals surface area contributed by atoms with E-state index in [1.807, 2.05) is 79.3 Å². The van der Waals surface area contributed by atoms with Gasteiger partial charge in [-0.2, -0.15) is 0 Å². The summed E-state index contributed by atoms with van der Waals surface area (Å²) < 4.78 is 13.3. The summed E-state index contributed by atoms with van der Waals surface area (Å²) in [4.78, 5) is 29.4. The van der Waals surface area contributed by atoms with Gasteiger partial charge in [0, 0.05) is 56.3 Å². The second kappa shape index (κ2) is 39.8. The number of nitrogens with zero attached hydrogens (tertiary/aromatic N) is 12. The predicted octanol–water partition coefficient (Wildman–Crippen LogP) is 31.0.